The summed E-state index contributed by atoms with van der Waals surface area (Å²) in [5.41, 5.74) is -0.529. The van der Waals surface area contributed by atoms with Gasteiger partial charge < -0.3 is 5.32 Å². The van der Waals surface area contributed by atoms with Crippen molar-refractivity contribution in [2.45, 2.75) is 4.90 Å². The van der Waals surface area contributed by atoms with Gasteiger partial charge in [-0.05, 0) is 30.3 Å². The van der Waals surface area contributed by atoms with E-state index >= 15 is 0 Å². The summed E-state index contributed by atoms with van der Waals surface area (Å²) in [6.45, 7) is 0. The number of anilines is 1. The molecule has 0 aliphatic carbocycles. The van der Waals surface area contributed by atoms with Crippen LogP contribution in [-0.4, -0.2) is 20.6 Å². The molecule has 1 N–H and O–H groups in total. The third-order valence-electron chi connectivity index (χ3n) is 2.79. The number of nitrogens with one attached hydrogen (secondary N) is 1. The Morgan fingerprint density at radius 2 is 1.82 bits per heavy atom. The zero-order chi connectivity index (χ0) is 16.5. The molecule has 0 heterocycles. The first-order valence-electron chi connectivity index (χ1n) is 5.94. The van der Waals surface area contributed by atoms with Crippen molar-refractivity contribution in [2.24, 2.45) is 0 Å². The van der Waals surface area contributed by atoms with E-state index in [9.17, 15) is 22.0 Å². The number of benzene rings is 2. The maximum Gasteiger partial charge on any atom is 0.257 e. The van der Waals surface area contributed by atoms with Gasteiger partial charge in [-0.1, -0.05) is 11.6 Å². The van der Waals surface area contributed by atoms with Crippen molar-refractivity contribution in [1.29, 1.82) is 0 Å². The van der Waals surface area contributed by atoms with Crippen LogP contribution in [0.4, 0.5) is 14.5 Å². The molecule has 1 amide bonds. The van der Waals surface area contributed by atoms with Crippen LogP contribution in [0.25, 0.3) is 0 Å². The largest absolute Gasteiger partial charge is 0.319 e. The highest BCUT2D eigenvalue weighted by Gasteiger charge is 2.17. The summed E-state index contributed by atoms with van der Waals surface area (Å²) in [6.07, 6.45) is 0.976. The van der Waals surface area contributed by atoms with Crippen LogP contribution in [0.15, 0.2) is 41.3 Å². The number of hydrogen-bond donors (Lipinski definition) is 1. The fourth-order valence-corrected chi connectivity index (χ4v) is 2.54. The summed E-state index contributed by atoms with van der Waals surface area (Å²) in [5, 5.41) is 2.14. The van der Waals surface area contributed by atoms with E-state index in [0.29, 0.717) is 0 Å². The van der Waals surface area contributed by atoms with E-state index in [-0.39, 0.29) is 21.2 Å². The highest BCUT2D eigenvalue weighted by atomic mass is 35.5. The van der Waals surface area contributed by atoms with E-state index in [1.54, 1.807) is 0 Å². The molecule has 2 aromatic rings. The molecule has 0 aromatic heterocycles. The zero-order valence-corrected chi connectivity index (χ0v) is 12.8. The molecule has 0 bridgehead atoms. The molecule has 0 radical (unpaired) electrons. The molecule has 8 heteroatoms. The molecule has 2 aromatic carbocycles. The van der Waals surface area contributed by atoms with Crippen molar-refractivity contribution in [1.82, 2.24) is 0 Å². The van der Waals surface area contributed by atoms with E-state index < -0.39 is 27.4 Å². The standard InChI is InChI=1S/C14H10ClF2NO3S/c1-22(20,21)9-3-4-11(15)10(7-9)14(19)18-13-6-8(16)2-5-12(13)17/h2-7H,1H3,(H,18,19). The molecular weight excluding hydrogens is 336 g/mol. The van der Waals surface area contributed by atoms with Gasteiger partial charge in [-0.2, -0.15) is 0 Å². The lowest BCUT2D eigenvalue weighted by atomic mass is 10.2. The van der Waals surface area contributed by atoms with Gasteiger partial charge in [0, 0.05) is 12.3 Å². The lowest BCUT2D eigenvalue weighted by Gasteiger charge is -2.09. The molecule has 0 atom stereocenters. The number of carbonyl (C=O) groups excluding carboxylic acids is 1. The van der Waals surface area contributed by atoms with Crippen LogP contribution in [0.2, 0.25) is 5.02 Å². The van der Waals surface area contributed by atoms with Crippen molar-refractivity contribution >= 4 is 33.0 Å². The number of hydrogen-bond acceptors (Lipinski definition) is 3. The van der Waals surface area contributed by atoms with E-state index in [1.165, 1.54) is 12.1 Å². The fourth-order valence-electron chi connectivity index (χ4n) is 1.69. The van der Waals surface area contributed by atoms with Gasteiger partial charge in [0.25, 0.3) is 5.91 Å². The average Bonchev–Trinajstić information content (AvgIpc) is 2.42. The molecular formula is C14H10ClF2NO3S. The first kappa shape index (κ1) is 16.4. The summed E-state index contributed by atoms with van der Waals surface area (Å²) < 4.78 is 49.6. The Labute approximate surface area is 130 Å². The molecule has 0 fully saturated rings. The minimum Gasteiger partial charge on any atom is -0.319 e. The Kier molecular flexibility index (Phi) is 4.48. The van der Waals surface area contributed by atoms with Gasteiger partial charge in [-0.25, -0.2) is 17.2 Å². The van der Waals surface area contributed by atoms with E-state index in [4.69, 9.17) is 11.6 Å². The zero-order valence-electron chi connectivity index (χ0n) is 11.2. The van der Waals surface area contributed by atoms with Gasteiger partial charge >= 0.3 is 0 Å². The van der Waals surface area contributed by atoms with Crippen molar-refractivity contribution in [2.75, 3.05) is 11.6 Å². The van der Waals surface area contributed by atoms with Gasteiger partial charge in [-0.3, -0.25) is 4.79 Å². The number of halogens is 3. The smallest absolute Gasteiger partial charge is 0.257 e. The number of amides is 1. The minimum atomic E-state index is -3.54. The Balaban J connectivity index is 2.39. The lowest BCUT2D eigenvalue weighted by molar-refractivity contribution is 0.102. The third-order valence-corrected chi connectivity index (χ3v) is 4.23. The van der Waals surface area contributed by atoms with Crippen LogP contribution in [-0.2, 0) is 9.84 Å². The first-order valence-corrected chi connectivity index (χ1v) is 8.21. The molecule has 0 aliphatic rings. The molecule has 116 valence electrons. The van der Waals surface area contributed by atoms with Crippen molar-refractivity contribution in [3.05, 3.63) is 58.6 Å². The maximum atomic E-state index is 13.5. The highest BCUT2D eigenvalue weighted by Crippen LogP contribution is 2.23. The van der Waals surface area contributed by atoms with Crippen LogP contribution in [0, 0.1) is 11.6 Å². The van der Waals surface area contributed by atoms with Crippen molar-refractivity contribution < 1.29 is 22.0 Å². The average molecular weight is 346 g/mol. The minimum absolute atomic E-state index is 0.0123. The third kappa shape index (κ3) is 3.61. The quantitative estimate of drug-likeness (QED) is 0.928. The Morgan fingerprint density at radius 3 is 2.45 bits per heavy atom. The van der Waals surface area contributed by atoms with Crippen molar-refractivity contribution in [3.8, 4) is 0 Å². The molecule has 0 spiro atoms. The van der Waals surface area contributed by atoms with Gasteiger partial charge in [-0.15, -0.1) is 0 Å². The van der Waals surface area contributed by atoms with E-state index in [0.717, 1.165) is 30.5 Å². The van der Waals surface area contributed by atoms with Crippen LogP contribution in [0.5, 0.6) is 0 Å². The molecule has 0 unspecified atom stereocenters. The summed E-state index contributed by atoms with van der Waals surface area (Å²) in [4.78, 5) is 12.0. The first-order chi connectivity index (χ1) is 10.2. The van der Waals surface area contributed by atoms with E-state index in [1.807, 2.05) is 0 Å². The molecule has 4 nitrogen and oxygen atoms in total. The molecule has 0 saturated heterocycles. The SMILES string of the molecule is CS(=O)(=O)c1ccc(Cl)c(C(=O)Nc2cc(F)ccc2F)c1. The molecule has 22 heavy (non-hydrogen) atoms. The van der Waals surface area contributed by atoms with Gasteiger partial charge in [0.2, 0.25) is 0 Å². The van der Waals surface area contributed by atoms with Crippen molar-refractivity contribution in [3.63, 3.8) is 0 Å². The maximum absolute atomic E-state index is 13.5. The van der Waals surface area contributed by atoms with Crippen LogP contribution in [0.1, 0.15) is 10.4 Å². The molecule has 0 saturated carbocycles. The van der Waals surface area contributed by atoms with E-state index in [2.05, 4.69) is 5.32 Å². The number of rotatable bonds is 3. The van der Waals surface area contributed by atoms with Gasteiger partial charge in [0.05, 0.1) is 21.2 Å². The van der Waals surface area contributed by atoms with Crippen LogP contribution < -0.4 is 5.32 Å². The Bertz CT molecular complexity index is 853. The predicted molar refractivity (Wildman–Crippen MR) is 78.9 cm³/mol. The topological polar surface area (TPSA) is 63.2 Å². The summed E-state index contributed by atoms with van der Waals surface area (Å²) in [6, 6.07) is 6.14. The predicted octanol–water partition coefficient (Wildman–Crippen LogP) is 3.27. The number of sulfone groups is 1. The monoisotopic (exact) mass is 345 g/mol. The highest BCUT2D eigenvalue weighted by molar-refractivity contribution is 7.90. The fraction of sp³-hybridized carbons (Fsp3) is 0.0714. The second-order valence-corrected chi connectivity index (χ2v) is 6.92. The van der Waals surface area contributed by atoms with Crippen LogP contribution in [0.3, 0.4) is 0 Å². The van der Waals surface area contributed by atoms with Gasteiger partial charge in [0.1, 0.15) is 11.6 Å². The molecule has 0 aliphatic heterocycles. The van der Waals surface area contributed by atoms with Gasteiger partial charge in [0.15, 0.2) is 9.84 Å². The lowest BCUT2D eigenvalue weighted by Crippen LogP contribution is -2.14. The molecule has 2 rings (SSSR count). The normalized spacial score (nSPS) is 11.3. The second kappa shape index (κ2) is 6.02. The second-order valence-electron chi connectivity index (χ2n) is 4.49. The Morgan fingerprint density at radius 1 is 1.14 bits per heavy atom. The summed E-state index contributed by atoms with van der Waals surface area (Å²) >= 11 is 5.85. The summed E-state index contributed by atoms with van der Waals surface area (Å²) in [7, 11) is -3.54. The Hall–Kier alpha value is -1.99. The van der Waals surface area contributed by atoms with Crippen LogP contribution >= 0.6 is 11.6 Å². The summed E-state index contributed by atoms with van der Waals surface area (Å²) in [5.74, 6) is -2.40. The number of carbonyl (C=O) groups is 1.